The van der Waals surface area contributed by atoms with Gasteiger partial charge in [-0.05, 0) is 96.3 Å². The van der Waals surface area contributed by atoms with Crippen molar-refractivity contribution in [3.63, 3.8) is 0 Å². The van der Waals surface area contributed by atoms with Crippen LogP contribution < -0.4 is 4.89 Å². The lowest BCUT2D eigenvalue weighted by Gasteiger charge is -2.28. The van der Waals surface area contributed by atoms with Gasteiger partial charge in [0, 0.05) is 13.0 Å². The molecule has 0 spiro atoms. The van der Waals surface area contributed by atoms with Gasteiger partial charge in [-0.2, -0.15) is 0 Å². The Morgan fingerprint density at radius 1 is 0.485 bits per heavy atom. The van der Waals surface area contributed by atoms with E-state index in [4.69, 9.17) is 18.5 Å². The van der Waals surface area contributed by atoms with Crippen LogP contribution in [-0.2, 0) is 27.9 Å². The van der Waals surface area contributed by atoms with E-state index in [1.54, 1.807) is 0 Å². The fourth-order valence-electron chi connectivity index (χ4n) is 6.81. The Morgan fingerprint density at radius 2 is 0.879 bits per heavy atom. The zero-order chi connectivity index (χ0) is 48.3. The second-order valence-corrected chi connectivity index (χ2v) is 19.9. The number of nitrogens with zero attached hydrogens (tertiary/aromatic N) is 1. The Morgan fingerprint density at radius 3 is 1.33 bits per heavy atom. The van der Waals surface area contributed by atoms with Gasteiger partial charge in [-0.3, -0.25) is 9.36 Å². The summed E-state index contributed by atoms with van der Waals surface area (Å²) in [5.74, 6) is -0.369. The molecule has 2 atom stereocenters. The van der Waals surface area contributed by atoms with E-state index < -0.39 is 13.9 Å². The number of quaternary nitrogens is 1. The molecule has 66 heavy (non-hydrogen) atoms. The van der Waals surface area contributed by atoms with Gasteiger partial charge in [-0.25, -0.2) is 0 Å². The summed E-state index contributed by atoms with van der Waals surface area (Å²) in [5.41, 5.74) is 0. The van der Waals surface area contributed by atoms with E-state index in [9.17, 15) is 14.3 Å². The van der Waals surface area contributed by atoms with Crippen molar-refractivity contribution in [3.8, 4) is 0 Å². The smallest absolute Gasteiger partial charge is 0.306 e. The molecule has 0 amide bonds. The predicted molar refractivity (Wildman–Crippen MR) is 281 cm³/mol. The van der Waals surface area contributed by atoms with E-state index in [0.29, 0.717) is 24.1 Å². The molecule has 0 radical (unpaired) electrons. The number of phosphoric acid groups is 1. The average Bonchev–Trinajstić information content (AvgIpc) is 3.28. The maximum absolute atomic E-state index is 12.8. The summed E-state index contributed by atoms with van der Waals surface area (Å²) in [6, 6.07) is 0. The van der Waals surface area contributed by atoms with Crippen molar-refractivity contribution in [3.05, 3.63) is 97.2 Å². The average molecular weight is 942 g/mol. The topological polar surface area (TPSA) is 94.1 Å². The number of allylic oxidation sites excluding steroid dienone is 16. The van der Waals surface area contributed by atoms with Gasteiger partial charge < -0.3 is 27.9 Å². The molecule has 0 aliphatic carbocycles. The molecule has 0 saturated heterocycles. The van der Waals surface area contributed by atoms with E-state index in [1.165, 1.54) is 96.3 Å². The molecule has 380 valence electrons. The summed E-state index contributed by atoms with van der Waals surface area (Å²) in [6.45, 7) is 5.24. The Kier molecular flexibility index (Phi) is 47.0. The highest BCUT2D eigenvalue weighted by Gasteiger charge is 2.20. The van der Waals surface area contributed by atoms with Crippen LogP contribution in [0.4, 0.5) is 0 Å². The van der Waals surface area contributed by atoms with E-state index in [1.807, 2.05) is 21.1 Å². The van der Waals surface area contributed by atoms with Gasteiger partial charge in [0.2, 0.25) is 0 Å². The van der Waals surface area contributed by atoms with Crippen LogP contribution in [0.5, 0.6) is 0 Å². The van der Waals surface area contributed by atoms with E-state index in [2.05, 4.69) is 111 Å². The third-order valence-electron chi connectivity index (χ3n) is 10.9. The highest BCUT2D eigenvalue weighted by Crippen LogP contribution is 2.38. The molecule has 0 rings (SSSR count). The molecule has 0 aliphatic heterocycles. The van der Waals surface area contributed by atoms with Crippen molar-refractivity contribution in [2.75, 3.05) is 54.1 Å². The van der Waals surface area contributed by atoms with Gasteiger partial charge in [-0.15, -0.1) is 0 Å². The standard InChI is InChI=1S/C57H100NO7P/c1-6-8-10-12-14-16-18-20-22-24-26-27-28-29-30-31-32-34-36-38-40-42-44-46-48-50-57(59)65-56(55-64-66(60,61)63-53-51-58(3,4)5)54-62-52-49-47-45-43-41-39-37-35-33-25-23-21-19-17-15-13-11-9-7-2/h8,10,14,16,20,22-23,25-27,29-30,32,34,38,40,56H,6-7,9,11-13,15,17-19,21,24,28,31,33,35-37,39,41-55H2,1-5H3/b10-8-,16-14-,22-20-,25-23-,27-26-,30-29-,34-32-,40-38-. The first kappa shape index (κ1) is 63.4. The number of rotatable bonds is 48. The lowest BCUT2D eigenvalue weighted by molar-refractivity contribution is -0.870. The zero-order valence-electron chi connectivity index (χ0n) is 43.1. The molecule has 0 saturated carbocycles. The minimum Gasteiger partial charge on any atom is -0.756 e. The second kappa shape index (κ2) is 48.9. The first-order valence-electron chi connectivity index (χ1n) is 26.5. The number of hydrogen-bond acceptors (Lipinski definition) is 7. The third-order valence-corrected chi connectivity index (χ3v) is 11.8. The zero-order valence-corrected chi connectivity index (χ0v) is 44.0. The van der Waals surface area contributed by atoms with Crippen molar-refractivity contribution < 1.29 is 37.3 Å². The number of phosphoric ester groups is 1. The van der Waals surface area contributed by atoms with Crippen molar-refractivity contribution in [1.82, 2.24) is 0 Å². The van der Waals surface area contributed by atoms with E-state index in [-0.39, 0.29) is 32.2 Å². The molecule has 0 bridgehead atoms. The van der Waals surface area contributed by atoms with Gasteiger partial charge in [-0.1, -0.05) is 195 Å². The van der Waals surface area contributed by atoms with Crippen LogP contribution in [0.1, 0.15) is 200 Å². The highest BCUT2D eigenvalue weighted by molar-refractivity contribution is 7.45. The molecule has 0 aromatic heterocycles. The van der Waals surface area contributed by atoms with Crippen LogP contribution >= 0.6 is 7.82 Å². The third kappa shape index (κ3) is 52.4. The molecule has 0 fully saturated rings. The number of esters is 1. The number of hydrogen-bond donors (Lipinski definition) is 0. The van der Waals surface area contributed by atoms with Crippen LogP contribution in [-0.4, -0.2) is 70.7 Å². The Hall–Kier alpha value is -2.58. The molecule has 8 nitrogen and oxygen atoms in total. The summed E-state index contributed by atoms with van der Waals surface area (Å²) < 4.78 is 34.7. The summed E-state index contributed by atoms with van der Waals surface area (Å²) in [7, 11) is 1.32. The molecular weight excluding hydrogens is 842 g/mol. The van der Waals surface area contributed by atoms with E-state index in [0.717, 1.165) is 77.0 Å². The summed E-state index contributed by atoms with van der Waals surface area (Å²) in [4.78, 5) is 25.2. The number of carbonyl (C=O) groups is 1. The fourth-order valence-corrected chi connectivity index (χ4v) is 7.54. The maximum atomic E-state index is 12.8. The van der Waals surface area contributed by atoms with Gasteiger partial charge in [0.15, 0.2) is 0 Å². The minimum atomic E-state index is -4.55. The molecule has 0 aromatic carbocycles. The number of unbranched alkanes of at least 4 members (excludes halogenated alkanes) is 18. The molecule has 0 aromatic rings. The maximum Gasteiger partial charge on any atom is 0.306 e. The first-order chi connectivity index (χ1) is 32.1. The van der Waals surface area contributed by atoms with Gasteiger partial charge >= 0.3 is 5.97 Å². The normalized spacial score (nSPS) is 14.3. The Bertz CT molecular complexity index is 1370. The van der Waals surface area contributed by atoms with Gasteiger partial charge in [0.05, 0.1) is 34.4 Å². The molecule has 0 heterocycles. The van der Waals surface area contributed by atoms with Crippen LogP contribution in [0, 0.1) is 0 Å². The van der Waals surface area contributed by atoms with Crippen LogP contribution in [0.2, 0.25) is 0 Å². The first-order valence-corrected chi connectivity index (χ1v) is 27.9. The molecule has 0 N–H and O–H groups in total. The summed E-state index contributed by atoms with van der Waals surface area (Å²) in [6.07, 6.45) is 67.2. The van der Waals surface area contributed by atoms with E-state index >= 15 is 0 Å². The van der Waals surface area contributed by atoms with Gasteiger partial charge in [0.25, 0.3) is 7.82 Å². The second-order valence-electron chi connectivity index (χ2n) is 18.5. The monoisotopic (exact) mass is 942 g/mol. The van der Waals surface area contributed by atoms with Crippen LogP contribution in [0.15, 0.2) is 97.2 Å². The largest absolute Gasteiger partial charge is 0.756 e. The molecule has 0 aliphatic rings. The van der Waals surface area contributed by atoms with Crippen LogP contribution in [0.3, 0.4) is 0 Å². The van der Waals surface area contributed by atoms with Crippen molar-refractivity contribution >= 4 is 13.8 Å². The highest BCUT2D eigenvalue weighted by atomic mass is 31.2. The number of ether oxygens (including phenoxy) is 2. The Balaban J connectivity index is 4.25. The summed E-state index contributed by atoms with van der Waals surface area (Å²) >= 11 is 0. The fraction of sp³-hybridized carbons (Fsp3) is 0.702. The summed E-state index contributed by atoms with van der Waals surface area (Å²) in [5, 5.41) is 0. The van der Waals surface area contributed by atoms with Crippen LogP contribution in [0.25, 0.3) is 0 Å². The van der Waals surface area contributed by atoms with Crippen molar-refractivity contribution in [2.24, 2.45) is 0 Å². The van der Waals surface area contributed by atoms with Gasteiger partial charge in [0.1, 0.15) is 19.3 Å². The quantitative estimate of drug-likeness (QED) is 0.0197. The predicted octanol–water partition coefficient (Wildman–Crippen LogP) is 15.9. The lowest BCUT2D eigenvalue weighted by Crippen LogP contribution is -2.37. The lowest BCUT2D eigenvalue weighted by atomic mass is 10.1. The van der Waals surface area contributed by atoms with Crippen molar-refractivity contribution in [1.29, 1.82) is 0 Å². The molecule has 2 unspecified atom stereocenters. The number of likely N-dealkylation sites (N-methyl/N-ethyl adjacent to an activating group) is 1. The molecule has 9 heteroatoms. The molecular formula is C57H100NO7P. The number of carbonyl (C=O) groups excluding carboxylic acids is 1. The van der Waals surface area contributed by atoms with Crippen molar-refractivity contribution in [2.45, 2.75) is 206 Å². The Labute approximate surface area is 407 Å². The SMILES string of the molecule is CC/C=C\C/C=C\C/C=C\C/C=C\C/C=C\C/C=C\C/C=C\CCCCCC(=O)OC(COCCCCCCCCCC/C=C\CCCCCCCCC)COP(=O)([O-])OCC[N+](C)(C)C. The minimum absolute atomic E-state index is 0.0136.